The predicted octanol–water partition coefficient (Wildman–Crippen LogP) is 6.61. The molecule has 0 aliphatic carbocycles. The third kappa shape index (κ3) is 16.7. The number of hydrogen-bond donors (Lipinski definition) is 3. The Morgan fingerprint density at radius 2 is 0.917 bits per heavy atom. The summed E-state index contributed by atoms with van der Waals surface area (Å²) in [6, 6.07) is 0. The van der Waals surface area contributed by atoms with Crippen LogP contribution in [-0.4, -0.2) is 63.9 Å². The van der Waals surface area contributed by atoms with Crippen molar-refractivity contribution in [2.24, 2.45) is 17.8 Å². The number of carboxylic acid groups (broad SMARTS) is 3. The van der Waals surface area contributed by atoms with Gasteiger partial charge in [0.05, 0.1) is 26.2 Å². The van der Waals surface area contributed by atoms with E-state index in [9.17, 15) is 29.7 Å². The summed E-state index contributed by atoms with van der Waals surface area (Å²) < 4.78 is 0.224. The van der Waals surface area contributed by atoms with Crippen molar-refractivity contribution in [1.29, 1.82) is 0 Å². The van der Waals surface area contributed by atoms with Crippen LogP contribution in [-0.2, 0) is 14.4 Å². The second-order valence-corrected chi connectivity index (χ2v) is 10.9. The monoisotopic (exact) mass is 512 g/mol. The van der Waals surface area contributed by atoms with E-state index in [4.69, 9.17) is 0 Å². The standard InChI is InChI=1S/C29H53NO6/c1-5-6-7-8-9-10-11-12-13-14-15-16-17-18-19-20-30(21-24(2)27(31)32,22-25(3)28(33)34)23-26(4)29(35)36/h7-8,24-26H,5-6,9-23H2,1-4H3,(H2-,31,32,33,34,35,36)/p+1/b8-7+. The van der Waals surface area contributed by atoms with E-state index in [0.29, 0.717) is 6.54 Å². The third-order valence-electron chi connectivity index (χ3n) is 7.12. The van der Waals surface area contributed by atoms with Crippen molar-refractivity contribution in [2.75, 3.05) is 26.2 Å². The lowest BCUT2D eigenvalue weighted by molar-refractivity contribution is -0.934. The van der Waals surface area contributed by atoms with Gasteiger partial charge in [-0.1, -0.05) is 70.4 Å². The summed E-state index contributed by atoms with van der Waals surface area (Å²) in [5.41, 5.74) is 0. The minimum atomic E-state index is -0.934. The van der Waals surface area contributed by atoms with E-state index in [-0.39, 0.29) is 24.1 Å². The van der Waals surface area contributed by atoms with Crippen molar-refractivity contribution in [3.63, 3.8) is 0 Å². The van der Waals surface area contributed by atoms with E-state index in [1.54, 1.807) is 20.8 Å². The Kier molecular flexibility index (Phi) is 19.1. The minimum Gasteiger partial charge on any atom is -0.481 e. The highest BCUT2D eigenvalue weighted by molar-refractivity contribution is 5.70. The molecule has 0 aromatic carbocycles. The van der Waals surface area contributed by atoms with E-state index in [0.717, 1.165) is 19.3 Å². The first kappa shape index (κ1) is 34.1. The minimum absolute atomic E-state index is 0.224. The SMILES string of the molecule is CCC/C=C/CCCCCCCCCCCC[N+](CC(C)C(=O)O)(CC(C)C(=O)O)CC(C)C(=O)O. The van der Waals surface area contributed by atoms with Crippen molar-refractivity contribution in [2.45, 2.75) is 111 Å². The molecule has 7 heteroatoms. The molecule has 3 unspecified atom stereocenters. The van der Waals surface area contributed by atoms with Gasteiger partial charge in [0, 0.05) is 0 Å². The van der Waals surface area contributed by atoms with Crippen LogP contribution in [0.5, 0.6) is 0 Å². The molecular weight excluding hydrogens is 458 g/mol. The molecule has 0 heterocycles. The third-order valence-corrected chi connectivity index (χ3v) is 7.12. The van der Waals surface area contributed by atoms with E-state index in [1.165, 1.54) is 64.2 Å². The first-order chi connectivity index (χ1) is 17.0. The molecule has 0 aromatic rings. The highest BCUT2D eigenvalue weighted by Crippen LogP contribution is 2.22. The fraction of sp³-hybridized carbons (Fsp3) is 0.828. The highest BCUT2D eigenvalue weighted by atomic mass is 16.4. The molecule has 0 aromatic heterocycles. The van der Waals surface area contributed by atoms with Crippen LogP contribution in [0.25, 0.3) is 0 Å². The molecule has 0 aliphatic heterocycles. The van der Waals surface area contributed by atoms with Gasteiger partial charge in [0.1, 0.15) is 17.8 Å². The van der Waals surface area contributed by atoms with Crippen LogP contribution < -0.4 is 0 Å². The second kappa shape index (κ2) is 20.2. The molecule has 0 bridgehead atoms. The molecule has 0 fully saturated rings. The maximum absolute atomic E-state index is 11.6. The number of aliphatic carboxylic acids is 3. The Morgan fingerprint density at radius 1 is 0.583 bits per heavy atom. The van der Waals surface area contributed by atoms with Gasteiger partial charge in [-0.3, -0.25) is 14.4 Å². The average Bonchev–Trinajstić information content (AvgIpc) is 2.81. The zero-order valence-corrected chi connectivity index (χ0v) is 23.4. The van der Waals surface area contributed by atoms with Crippen LogP contribution in [0.1, 0.15) is 111 Å². The lowest BCUT2D eigenvalue weighted by Gasteiger charge is -2.42. The fourth-order valence-corrected chi connectivity index (χ4v) is 5.00. The Balaban J connectivity index is 4.57. The zero-order valence-electron chi connectivity index (χ0n) is 23.4. The summed E-state index contributed by atoms with van der Waals surface area (Å²) >= 11 is 0. The summed E-state index contributed by atoms with van der Waals surface area (Å²) in [4.78, 5) is 34.8. The Labute approximate surface area is 219 Å². The average molecular weight is 513 g/mol. The van der Waals surface area contributed by atoms with E-state index >= 15 is 0 Å². The van der Waals surface area contributed by atoms with Crippen LogP contribution in [0.2, 0.25) is 0 Å². The summed E-state index contributed by atoms with van der Waals surface area (Å²) in [6.45, 7) is 8.42. The lowest BCUT2D eigenvalue weighted by atomic mass is 10.00. The van der Waals surface area contributed by atoms with E-state index in [1.807, 2.05) is 0 Å². The van der Waals surface area contributed by atoms with Gasteiger partial charge in [-0.05, 0) is 52.9 Å². The van der Waals surface area contributed by atoms with Gasteiger partial charge in [0.2, 0.25) is 0 Å². The number of nitrogens with zero attached hydrogens (tertiary/aromatic N) is 1. The van der Waals surface area contributed by atoms with Crippen LogP contribution in [0.4, 0.5) is 0 Å². The molecule has 0 saturated carbocycles. The number of carboxylic acids is 3. The van der Waals surface area contributed by atoms with Gasteiger partial charge in [-0.25, -0.2) is 0 Å². The van der Waals surface area contributed by atoms with E-state index in [2.05, 4.69) is 19.1 Å². The number of unbranched alkanes of at least 4 members (excludes halogenated alkanes) is 11. The molecule has 3 N–H and O–H groups in total. The molecule has 0 aliphatic rings. The molecule has 0 spiro atoms. The molecule has 0 amide bonds. The van der Waals surface area contributed by atoms with Crippen molar-refractivity contribution < 1.29 is 34.2 Å². The van der Waals surface area contributed by atoms with Crippen molar-refractivity contribution in [1.82, 2.24) is 0 Å². The number of rotatable bonds is 24. The fourth-order valence-electron chi connectivity index (χ4n) is 5.00. The first-order valence-corrected chi connectivity index (χ1v) is 14.2. The van der Waals surface area contributed by atoms with Crippen LogP contribution in [0.15, 0.2) is 12.2 Å². The molecule has 36 heavy (non-hydrogen) atoms. The number of allylic oxidation sites excluding steroid dienone is 2. The van der Waals surface area contributed by atoms with Gasteiger partial charge in [-0.15, -0.1) is 0 Å². The van der Waals surface area contributed by atoms with Crippen molar-refractivity contribution in [3.8, 4) is 0 Å². The molecular formula is C29H54NO6+. The molecule has 0 rings (SSSR count). The molecule has 0 radical (unpaired) electrons. The normalized spacial score (nSPS) is 15.9. The lowest BCUT2D eigenvalue weighted by Crippen LogP contribution is -2.57. The van der Waals surface area contributed by atoms with Gasteiger partial charge >= 0.3 is 17.9 Å². The summed E-state index contributed by atoms with van der Waals surface area (Å²) in [7, 11) is 0. The maximum Gasteiger partial charge on any atom is 0.311 e. The summed E-state index contributed by atoms with van der Waals surface area (Å²) in [5.74, 6) is -4.80. The second-order valence-electron chi connectivity index (χ2n) is 10.9. The quantitative estimate of drug-likeness (QED) is 0.0762. The van der Waals surface area contributed by atoms with Crippen LogP contribution in [0.3, 0.4) is 0 Å². The Morgan fingerprint density at radius 3 is 1.28 bits per heavy atom. The maximum atomic E-state index is 11.6. The van der Waals surface area contributed by atoms with Gasteiger partial charge in [0.15, 0.2) is 0 Å². The van der Waals surface area contributed by atoms with Crippen LogP contribution >= 0.6 is 0 Å². The predicted molar refractivity (Wildman–Crippen MR) is 145 cm³/mol. The molecule has 0 saturated heterocycles. The summed E-state index contributed by atoms with van der Waals surface area (Å²) in [5, 5.41) is 28.5. The van der Waals surface area contributed by atoms with Gasteiger partial charge in [0.25, 0.3) is 0 Å². The largest absolute Gasteiger partial charge is 0.481 e. The smallest absolute Gasteiger partial charge is 0.311 e. The molecule has 7 nitrogen and oxygen atoms in total. The number of carbonyl (C=O) groups is 3. The first-order valence-electron chi connectivity index (χ1n) is 14.2. The topological polar surface area (TPSA) is 112 Å². The van der Waals surface area contributed by atoms with Gasteiger partial charge < -0.3 is 19.8 Å². The molecule has 210 valence electrons. The van der Waals surface area contributed by atoms with Gasteiger partial charge in [-0.2, -0.15) is 0 Å². The molecule has 3 atom stereocenters. The zero-order chi connectivity index (χ0) is 27.4. The van der Waals surface area contributed by atoms with E-state index < -0.39 is 35.7 Å². The van der Waals surface area contributed by atoms with Crippen molar-refractivity contribution in [3.05, 3.63) is 12.2 Å². The highest BCUT2D eigenvalue weighted by Gasteiger charge is 2.38. The van der Waals surface area contributed by atoms with Crippen molar-refractivity contribution >= 4 is 17.9 Å². The number of quaternary nitrogens is 1. The number of hydrogen-bond acceptors (Lipinski definition) is 3. The summed E-state index contributed by atoms with van der Waals surface area (Å²) in [6.07, 6.45) is 19.9. The Bertz CT molecular complexity index is 593. The Hall–Kier alpha value is -1.89. The van der Waals surface area contributed by atoms with Crippen LogP contribution in [0, 0.1) is 17.8 Å².